The standard InChI is InChI=1S/C18H15FN4O/c1-22-10-12(8-21-22)11-23-17-6-14(9-20-16(17)7-18(23)24)13-2-4-15(19)5-3-13/h2-6,8-10H,7,11H2,1H3. The number of amides is 1. The Hall–Kier alpha value is -3.02. The largest absolute Gasteiger partial charge is 0.306 e. The van der Waals surface area contributed by atoms with Crippen molar-refractivity contribution < 1.29 is 9.18 Å². The van der Waals surface area contributed by atoms with Crippen LogP contribution < -0.4 is 4.90 Å². The van der Waals surface area contributed by atoms with Gasteiger partial charge in [0.2, 0.25) is 5.91 Å². The van der Waals surface area contributed by atoms with Gasteiger partial charge in [0.05, 0.1) is 30.5 Å². The predicted molar refractivity (Wildman–Crippen MR) is 87.7 cm³/mol. The molecule has 120 valence electrons. The van der Waals surface area contributed by atoms with E-state index in [0.717, 1.165) is 28.1 Å². The number of pyridine rings is 1. The van der Waals surface area contributed by atoms with Crippen molar-refractivity contribution in [2.75, 3.05) is 4.90 Å². The van der Waals surface area contributed by atoms with Crippen molar-refractivity contribution in [3.05, 3.63) is 66.0 Å². The average Bonchev–Trinajstić information content (AvgIpc) is 3.12. The van der Waals surface area contributed by atoms with E-state index in [2.05, 4.69) is 10.1 Å². The number of hydrogen-bond donors (Lipinski definition) is 0. The van der Waals surface area contributed by atoms with Crippen molar-refractivity contribution >= 4 is 11.6 Å². The molecule has 0 N–H and O–H groups in total. The Morgan fingerprint density at radius 1 is 1.17 bits per heavy atom. The summed E-state index contributed by atoms with van der Waals surface area (Å²) in [5, 5.41) is 4.14. The zero-order chi connectivity index (χ0) is 16.7. The number of halogens is 1. The van der Waals surface area contributed by atoms with Crippen LogP contribution in [0.15, 0.2) is 48.9 Å². The number of anilines is 1. The smallest absolute Gasteiger partial charge is 0.233 e. The molecule has 5 nitrogen and oxygen atoms in total. The number of benzene rings is 1. The second-order valence-electron chi connectivity index (χ2n) is 5.88. The first-order valence-corrected chi connectivity index (χ1v) is 7.63. The van der Waals surface area contributed by atoms with Crippen LogP contribution in [0.5, 0.6) is 0 Å². The summed E-state index contributed by atoms with van der Waals surface area (Å²) in [6, 6.07) is 8.20. The highest BCUT2D eigenvalue weighted by molar-refractivity contribution is 6.01. The maximum absolute atomic E-state index is 13.1. The Labute approximate surface area is 138 Å². The van der Waals surface area contributed by atoms with Crippen molar-refractivity contribution in [1.82, 2.24) is 14.8 Å². The zero-order valence-corrected chi connectivity index (χ0v) is 13.1. The third-order valence-corrected chi connectivity index (χ3v) is 4.13. The van der Waals surface area contributed by atoms with Crippen LogP contribution in [-0.4, -0.2) is 20.7 Å². The number of aryl methyl sites for hydroxylation is 1. The topological polar surface area (TPSA) is 51.0 Å². The van der Waals surface area contributed by atoms with Gasteiger partial charge in [-0.05, 0) is 23.8 Å². The SMILES string of the molecule is Cn1cc(CN2C(=O)Cc3ncc(-c4ccc(F)cc4)cc32)cn1. The van der Waals surface area contributed by atoms with Crippen molar-refractivity contribution in [3.8, 4) is 11.1 Å². The molecule has 0 aliphatic carbocycles. The van der Waals surface area contributed by atoms with Crippen molar-refractivity contribution in [2.45, 2.75) is 13.0 Å². The molecule has 0 fully saturated rings. The lowest BCUT2D eigenvalue weighted by atomic mass is 10.1. The lowest BCUT2D eigenvalue weighted by Crippen LogP contribution is -2.25. The van der Waals surface area contributed by atoms with Gasteiger partial charge in [0.1, 0.15) is 5.82 Å². The second kappa shape index (κ2) is 5.56. The molecule has 3 heterocycles. The number of nitrogens with zero attached hydrogens (tertiary/aromatic N) is 4. The summed E-state index contributed by atoms with van der Waals surface area (Å²) < 4.78 is 14.8. The molecule has 1 amide bonds. The molecule has 1 aliphatic heterocycles. The highest BCUT2D eigenvalue weighted by Crippen LogP contribution is 2.32. The number of rotatable bonds is 3. The van der Waals surface area contributed by atoms with Crippen molar-refractivity contribution in [3.63, 3.8) is 0 Å². The zero-order valence-electron chi connectivity index (χ0n) is 13.1. The molecule has 3 aromatic rings. The minimum atomic E-state index is -0.277. The van der Waals surface area contributed by atoms with Crippen LogP contribution in [0.4, 0.5) is 10.1 Å². The summed E-state index contributed by atoms with van der Waals surface area (Å²) >= 11 is 0. The summed E-state index contributed by atoms with van der Waals surface area (Å²) in [4.78, 5) is 18.5. The number of carbonyl (C=O) groups excluding carboxylic acids is 1. The minimum absolute atomic E-state index is 0.0256. The summed E-state index contributed by atoms with van der Waals surface area (Å²) in [6.07, 6.45) is 5.68. The number of fused-ring (bicyclic) bond motifs is 1. The first kappa shape index (κ1) is 14.6. The van der Waals surface area contributed by atoms with Gasteiger partial charge in [-0.2, -0.15) is 5.10 Å². The van der Waals surface area contributed by atoms with Gasteiger partial charge in [-0.15, -0.1) is 0 Å². The normalized spacial score (nSPS) is 13.4. The van der Waals surface area contributed by atoms with Crippen LogP contribution in [0.25, 0.3) is 11.1 Å². The first-order chi connectivity index (χ1) is 11.6. The molecule has 0 saturated heterocycles. The third kappa shape index (κ3) is 2.56. The molecule has 2 aromatic heterocycles. The number of hydrogen-bond acceptors (Lipinski definition) is 3. The molecule has 6 heteroatoms. The highest BCUT2D eigenvalue weighted by Gasteiger charge is 2.29. The second-order valence-corrected chi connectivity index (χ2v) is 5.88. The maximum atomic E-state index is 13.1. The molecule has 4 rings (SSSR count). The minimum Gasteiger partial charge on any atom is -0.306 e. The van der Waals surface area contributed by atoms with E-state index >= 15 is 0 Å². The molecule has 1 aromatic carbocycles. The predicted octanol–water partition coefficient (Wildman–Crippen LogP) is 2.71. The fraction of sp³-hybridized carbons (Fsp3) is 0.167. The summed E-state index contributed by atoms with van der Waals surface area (Å²) in [6.45, 7) is 0.466. The van der Waals surface area contributed by atoms with Crippen LogP contribution in [0.2, 0.25) is 0 Å². The van der Waals surface area contributed by atoms with E-state index in [9.17, 15) is 9.18 Å². The molecule has 24 heavy (non-hydrogen) atoms. The molecule has 1 aliphatic rings. The Morgan fingerprint density at radius 3 is 2.67 bits per heavy atom. The van der Waals surface area contributed by atoms with Gasteiger partial charge in [-0.3, -0.25) is 14.5 Å². The van der Waals surface area contributed by atoms with Crippen LogP contribution in [0.1, 0.15) is 11.3 Å². The van der Waals surface area contributed by atoms with E-state index in [-0.39, 0.29) is 11.7 Å². The van der Waals surface area contributed by atoms with Crippen molar-refractivity contribution in [1.29, 1.82) is 0 Å². The Kier molecular flexibility index (Phi) is 3.37. The Balaban J connectivity index is 1.69. The molecule has 0 bridgehead atoms. The van der Waals surface area contributed by atoms with Gasteiger partial charge < -0.3 is 4.90 Å². The van der Waals surface area contributed by atoms with Crippen molar-refractivity contribution in [2.24, 2.45) is 7.05 Å². The maximum Gasteiger partial charge on any atom is 0.233 e. The van der Waals surface area contributed by atoms with Crippen LogP contribution in [-0.2, 0) is 24.8 Å². The third-order valence-electron chi connectivity index (χ3n) is 4.13. The van der Waals surface area contributed by atoms with E-state index in [1.54, 1.807) is 34.1 Å². The quantitative estimate of drug-likeness (QED) is 0.745. The summed E-state index contributed by atoms with van der Waals surface area (Å²) in [5.74, 6) is -0.251. The molecular formula is C18H15FN4O. The van der Waals surface area contributed by atoms with E-state index in [1.165, 1.54) is 12.1 Å². The van der Waals surface area contributed by atoms with Gasteiger partial charge >= 0.3 is 0 Å². The van der Waals surface area contributed by atoms with E-state index in [4.69, 9.17) is 0 Å². The Bertz CT molecular complexity index is 917. The number of aromatic nitrogens is 3. The lowest BCUT2D eigenvalue weighted by molar-refractivity contribution is -0.117. The van der Waals surface area contributed by atoms with Gasteiger partial charge in [0.25, 0.3) is 0 Å². The van der Waals surface area contributed by atoms with E-state index in [0.29, 0.717) is 13.0 Å². The fourth-order valence-corrected chi connectivity index (χ4v) is 2.93. The molecule has 0 spiro atoms. The van der Waals surface area contributed by atoms with Gasteiger partial charge in [0.15, 0.2) is 0 Å². The molecule has 0 unspecified atom stereocenters. The molecule has 0 atom stereocenters. The number of carbonyl (C=O) groups is 1. The lowest BCUT2D eigenvalue weighted by Gasteiger charge is -2.17. The molecule has 0 saturated carbocycles. The van der Waals surface area contributed by atoms with Gasteiger partial charge in [-0.25, -0.2) is 4.39 Å². The average molecular weight is 322 g/mol. The highest BCUT2D eigenvalue weighted by atomic mass is 19.1. The van der Waals surface area contributed by atoms with Crippen LogP contribution in [0, 0.1) is 5.82 Å². The van der Waals surface area contributed by atoms with Crippen LogP contribution in [0.3, 0.4) is 0 Å². The summed E-state index contributed by atoms with van der Waals surface area (Å²) in [7, 11) is 1.84. The van der Waals surface area contributed by atoms with Crippen LogP contribution >= 0.6 is 0 Å². The van der Waals surface area contributed by atoms with E-state index < -0.39 is 0 Å². The fourth-order valence-electron chi connectivity index (χ4n) is 2.93. The molecule has 0 radical (unpaired) electrons. The summed E-state index contributed by atoms with van der Waals surface area (Å²) in [5.41, 5.74) is 4.28. The first-order valence-electron chi connectivity index (χ1n) is 7.63. The van der Waals surface area contributed by atoms with Gasteiger partial charge in [0, 0.05) is 30.6 Å². The monoisotopic (exact) mass is 322 g/mol. The Morgan fingerprint density at radius 2 is 1.96 bits per heavy atom. The van der Waals surface area contributed by atoms with Gasteiger partial charge in [-0.1, -0.05) is 12.1 Å². The molecular weight excluding hydrogens is 307 g/mol. The van der Waals surface area contributed by atoms with E-state index in [1.807, 2.05) is 19.3 Å².